The second-order valence-corrected chi connectivity index (χ2v) is 7.95. The zero-order valence-corrected chi connectivity index (χ0v) is 17.7. The van der Waals surface area contributed by atoms with Crippen LogP contribution in [-0.2, 0) is 4.79 Å². The number of nitrogens with zero attached hydrogens (tertiary/aromatic N) is 1. The maximum absolute atomic E-state index is 13.8. The Labute approximate surface area is 184 Å². The number of nitrogens with one attached hydrogen (secondary N) is 1. The third-order valence-electron chi connectivity index (χ3n) is 4.86. The Morgan fingerprint density at radius 1 is 1.10 bits per heavy atom. The van der Waals surface area contributed by atoms with E-state index in [1.165, 1.54) is 30.0 Å². The lowest BCUT2D eigenvalue weighted by molar-refractivity contribution is -0.115. The quantitative estimate of drug-likeness (QED) is 0.573. The molecule has 1 saturated heterocycles. The molecular formula is C24H21FN2O3S. The van der Waals surface area contributed by atoms with Crippen molar-refractivity contribution in [2.45, 2.75) is 12.3 Å². The number of rotatable bonds is 6. The number of carbonyl (C=O) groups is 2. The highest BCUT2D eigenvalue weighted by Gasteiger charge is 2.35. The minimum Gasteiger partial charge on any atom is -0.492 e. The molecule has 0 aliphatic carbocycles. The highest BCUT2D eigenvalue weighted by atomic mass is 32.2. The Kier molecular flexibility index (Phi) is 6.23. The lowest BCUT2D eigenvalue weighted by Crippen LogP contribution is -2.28. The summed E-state index contributed by atoms with van der Waals surface area (Å²) in [5.74, 6) is -0.0278. The first-order valence-corrected chi connectivity index (χ1v) is 10.9. The molecule has 31 heavy (non-hydrogen) atoms. The molecule has 1 N–H and O–H groups in total. The van der Waals surface area contributed by atoms with Gasteiger partial charge < -0.3 is 10.1 Å². The minimum atomic E-state index is -0.568. The Bertz CT molecular complexity index is 1100. The predicted octanol–water partition coefficient (Wildman–Crippen LogP) is 5.26. The molecule has 0 aromatic heterocycles. The molecule has 7 heteroatoms. The van der Waals surface area contributed by atoms with Gasteiger partial charge in [-0.3, -0.25) is 14.5 Å². The second-order valence-electron chi connectivity index (χ2n) is 6.88. The van der Waals surface area contributed by atoms with E-state index in [-0.39, 0.29) is 16.8 Å². The van der Waals surface area contributed by atoms with Gasteiger partial charge in [-0.1, -0.05) is 36.4 Å². The molecule has 5 nitrogen and oxygen atoms in total. The topological polar surface area (TPSA) is 58.6 Å². The fraction of sp³-hybridized carbons (Fsp3) is 0.167. The van der Waals surface area contributed by atoms with Gasteiger partial charge in [0, 0.05) is 5.69 Å². The molecule has 3 aromatic rings. The van der Waals surface area contributed by atoms with E-state index in [1.807, 2.05) is 43.3 Å². The Morgan fingerprint density at radius 2 is 1.81 bits per heavy atom. The SMILES string of the molecule is CCOc1ccccc1N1C(=O)CS[C@H]1c1ccc(NC(=O)c2ccccc2F)cc1. The van der Waals surface area contributed by atoms with E-state index in [0.29, 0.717) is 23.8 Å². The molecule has 0 unspecified atom stereocenters. The molecule has 4 rings (SSSR count). The number of halogens is 1. The van der Waals surface area contributed by atoms with Gasteiger partial charge in [0.15, 0.2) is 0 Å². The summed E-state index contributed by atoms with van der Waals surface area (Å²) in [5.41, 5.74) is 2.20. The monoisotopic (exact) mass is 436 g/mol. The van der Waals surface area contributed by atoms with Crippen molar-refractivity contribution in [2.24, 2.45) is 0 Å². The van der Waals surface area contributed by atoms with Crippen LogP contribution in [0.15, 0.2) is 72.8 Å². The van der Waals surface area contributed by atoms with Crippen molar-refractivity contribution in [3.05, 3.63) is 89.7 Å². The number of benzene rings is 3. The minimum absolute atomic E-state index is 0.0118. The first kappa shape index (κ1) is 20.9. The average molecular weight is 437 g/mol. The van der Waals surface area contributed by atoms with Crippen LogP contribution in [0, 0.1) is 5.82 Å². The Morgan fingerprint density at radius 3 is 2.55 bits per heavy atom. The molecular weight excluding hydrogens is 415 g/mol. The van der Waals surface area contributed by atoms with Crippen LogP contribution in [0.25, 0.3) is 0 Å². The van der Waals surface area contributed by atoms with E-state index < -0.39 is 11.7 Å². The fourth-order valence-corrected chi connectivity index (χ4v) is 4.61. The van der Waals surface area contributed by atoms with Crippen molar-refractivity contribution in [1.29, 1.82) is 0 Å². The van der Waals surface area contributed by atoms with Gasteiger partial charge in [0.2, 0.25) is 5.91 Å². The zero-order chi connectivity index (χ0) is 21.8. The Hall–Kier alpha value is -3.32. The summed E-state index contributed by atoms with van der Waals surface area (Å²) in [6.45, 7) is 2.41. The number of ether oxygens (including phenoxy) is 1. The molecule has 1 aliphatic rings. The van der Waals surface area contributed by atoms with Gasteiger partial charge in [-0.2, -0.15) is 0 Å². The zero-order valence-electron chi connectivity index (χ0n) is 16.9. The van der Waals surface area contributed by atoms with Crippen molar-refractivity contribution in [3.63, 3.8) is 0 Å². The van der Waals surface area contributed by atoms with Crippen LogP contribution in [0.5, 0.6) is 5.75 Å². The molecule has 0 radical (unpaired) electrons. The van der Waals surface area contributed by atoms with Gasteiger partial charge in [0.25, 0.3) is 5.91 Å². The average Bonchev–Trinajstić information content (AvgIpc) is 3.16. The lowest BCUT2D eigenvalue weighted by atomic mass is 10.1. The van der Waals surface area contributed by atoms with Crippen LogP contribution in [-0.4, -0.2) is 24.2 Å². The van der Waals surface area contributed by atoms with E-state index in [4.69, 9.17) is 4.74 Å². The van der Waals surface area contributed by atoms with E-state index in [2.05, 4.69) is 5.32 Å². The number of hydrogen-bond donors (Lipinski definition) is 1. The third kappa shape index (κ3) is 4.41. The molecule has 3 aromatic carbocycles. The molecule has 0 bridgehead atoms. The van der Waals surface area contributed by atoms with Crippen molar-refractivity contribution in [3.8, 4) is 5.75 Å². The van der Waals surface area contributed by atoms with Crippen molar-refractivity contribution >= 4 is 35.0 Å². The summed E-state index contributed by atoms with van der Waals surface area (Å²) in [6, 6.07) is 20.6. The number of carbonyl (C=O) groups excluding carboxylic acids is 2. The molecule has 2 amide bonds. The molecule has 0 spiro atoms. The van der Waals surface area contributed by atoms with Crippen LogP contribution < -0.4 is 15.0 Å². The van der Waals surface area contributed by atoms with E-state index in [1.54, 1.807) is 23.1 Å². The van der Waals surface area contributed by atoms with Crippen LogP contribution in [0.2, 0.25) is 0 Å². The van der Waals surface area contributed by atoms with Gasteiger partial charge in [-0.15, -0.1) is 11.8 Å². The fourth-order valence-electron chi connectivity index (χ4n) is 3.44. The smallest absolute Gasteiger partial charge is 0.258 e. The normalized spacial score (nSPS) is 15.7. The predicted molar refractivity (Wildman–Crippen MR) is 121 cm³/mol. The highest BCUT2D eigenvalue weighted by Crippen LogP contribution is 2.44. The van der Waals surface area contributed by atoms with Crippen LogP contribution in [0.4, 0.5) is 15.8 Å². The lowest BCUT2D eigenvalue weighted by Gasteiger charge is -2.26. The van der Waals surface area contributed by atoms with Crippen molar-refractivity contribution in [2.75, 3.05) is 22.6 Å². The number of hydrogen-bond acceptors (Lipinski definition) is 4. The van der Waals surface area contributed by atoms with Gasteiger partial charge in [0.05, 0.1) is 23.6 Å². The van der Waals surface area contributed by atoms with Gasteiger partial charge in [-0.05, 0) is 48.9 Å². The van der Waals surface area contributed by atoms with Crippen LogP contribution >= 0.6 is 11.8 Å². The second kappa shape index (κ2) is 9.22. The van der Waals surface area contributed by atoms with Crippen molar-refractivity contribution in [1.82, 2.24) is 0 Å². The summed E-state index contributed by atoms with van der Waals surface area (Å²) >= 11 is 1.54. The van der Waals surface area contributed by atoms with Crippen LogP contribution in [0.3, 0.4) is 0 Å². The number of para-hydroxylation sites is 2. The van der Waals surface area contributed by atoms with Gasteiger partial charge in [-0.25, -0.2) is 4.39 Å². The number of thioether (sulfide) groups is 1. The summed E-state index contributed by atoms with van der Waals surface area (Å²) in [7, 11) is 0. The van der Waals surface area contributed by atoms with E-state index in [0.717, 1.165) is 11.3 Å². The maximum atomic E-state index is 13.8. The molecule has 158 valence electrons. The molecule has 1 atom stereocenters. The molecule has 1 aliphatic heterocycles. The molecule has 1 fully saturated rings. The number of amides is 2. The summed E-state index contributed by atoms with van der Waals surface area (Å²) < 4.78 is 19.5. The van der Waals surface area contributed by atoms with Gasteiger partial charge >= 0.3 is 0 Å². The van der Waals surface area contributed by atoms with Gasteiger partial charge in [0.1, 0.15) is 16.9 Å². The van der Waals surface area contributed by atoms with E-state index >= 15 is 0 Å². The first-order valence-electron chi connectivity index (χ1n) is 9.90. The molecule has 1 heterocycles. The summed E-state index contributed by atoms with van der Waals surface area (Å²) in [5, 5.41) is 2.50. The standard InChI is InChI=1S/C24H21FN2O3S/c1-2-30-21-10-6-5-9-20(21)27-22(28)15-31-24(27)16-11-13-17(14-12-16)26-23(29)18-7-3-4-8-19(18)25/h3-14,24H,2,15H2,1H3,(H,26,29)/t24-/m0/s1. The van der Waals surface area contributed by atoms with Crippen molar-refractivity contribution < 1.29 is 18.7 Å². The van der Waals surface area contributed by atoms with Crippen LogP contribution in [0.1, 0.15) is 28.2 Å². The highest BCUT2D eigenvalue weighted by molar-refractivity contribution is 8.00. The van der Waals surface area contributed by atoms with E-state index in [9.17, 15) is 14.0 Å². The summed E-state index contributed by atoms with van der Waals surface area (Å²) in [6.07, 6.45) is 0. The first-order chi connectivity index (χ1) is 15.1. The summed E-state index contributed by atoms with van der Waals surface area (Å²) in [4.78, 5) is 26.8. The molecule has 0 saturated carbocycles. The Balaban J connectivity index is 1.55. The number of anilines is 2. The third-order valence-corrected chi connectivity index (χ3v) is 6.08. The largest absolute Gasteiger partial charge is 0.492 e. The maximum Gasteiger partial charge on any atom is 0.258 e.